The highest BCUT2D eigenvalue weighted by Gasteiger charge is 2.87. The van der Waals surface area contributed by atoms with Gasteiger partial charge in [-0.3, -0.25) is 0 Å². The van der Waals surface area contributed by atoms with Crippen LogP contribution in [-0.2, 0) is 10.8 Å². The van der Waals surface area contributed by atoms with E-state index >= 15 is 0 Å². The number of benzene rings is 9. The fourth-order valence-electron chi connectivity index (χ4n) is 13.9. The molecule has 310 valence electrons. The van der Waals surface area contributed by atoms with Gasteiger partial charge in [-0.1, -0.05) is 203 Å². The van der Waals surface area contributed by atoms with Crippen LogP contribution in [-0.4, -0.2) is 0 Å². The van der Waals surface area contributed by atoms with Crippen LogP contribution in [0.4, 0.5) is 17.1 Å². The second kappa shape index (κ2) is 13.9. The molecule has 0 bridgehead atoms. The van der Waals surface area contributed by atoms with Gasteiger partial charge < -0.3 is 4.90 Å². The molecule has 9 aromatic rings. The van der Waals surface area contributed by atoms with Crippen LogP contribution in [0.3, 0.4) is 0 Å². The van der Waals surface area contributed by atoms with E-state index in [0.29, 0.717) is 10.8 Å². The van der Waals surface area contributed by atoms with Gasteiger partial charge in [0.15, 0.2) is 0 Å². The van der Waals surface area contributed by atoms with Crippen LogP contribution in [0.5, 0.6) is 0 Å². The van der Waals surface area contributed by atoms with Crippen molar-refractivity contribution in [2.75, 3.05) is 4.90 Å². The van der Waals surface area contributed by atoms with Crippen molar-refractivity contribution in [1.82, 2.24) is 0 Å². The third-order valence-electron chi connectivity index (χ3n) is 16.7. The minimum Gasteiger partial charge on any atom is -0.309 e. The quantitative estimate of drug-likeness (QED) is 0.148. The predicted molar refractivity (Wildman–Crippen MR) is 270 cm³/mol. The van der Waals surface area contributed by atoms with E-state index < -0.39 is 0 Å². The van der Waals surface area contributed by atoms with Crippen LogP contribution in [0, 0.1) is 23.2 Å². The van der Waals surface area contributed by atoms with Gasteiger partial charge in [-0.15, -0.1) is 0 Å². The van der Waals surface area contributed by atoms with Crippen LogP contribution < -0.4 is 4.90 Å². The Balaban J connectivity index is 1.12. The lowest BCUT2D eigenvalue weighted by molar-refractivity contribution is -0.394. The summed E-state index contributed by atoms with van der Waals surface area (Å²) in [6.45, 7) is 7.01. The molecule has 0 aromatic heterocycles. The van der Waals surface area contributed by atoms with Crippen molar-refractivity contribution in [1.29, 1.82) is 0 Å². The molecular formula is C63H53N. The van der Waals surface area contributed by atoms with Crippen molar-refractivity contribution < 1.29 is 0 Å². The highest BCUT2D eigenvalue weighted by atomic mass is 15.2. The maximum absolute atomic E-state index is 2.63. The molecule has 4 fully saturated rings. The Bertz CT molecular complexity index is 3260. The summed E-state index contributed by atoms with van der Waals surface area (Å²) < 4.78 is 0. The van der Waals surface area contributed by atoms with E-state index in [1.807, 2.05) is 0 Å². The fourth-order valence-corrected chi connectivity index (χ4v) is 13.9. The lowest BCUT2D eigenvalue weighted by Crippen LogP contribution is -2.87. The Morgan fingerprint density at radius 3 is 1.67 bits per heavy atom. The molecule has 1 spiro atoms. The molecule has 2 atom stereocenters. The number of nitrogens with zero attached hydrogens (tertiary/aromatic N) is 1. The van der Waals surface area contributed by atoms with Crippen LogP contribution in [0.15, 0.2) is 200 Å². The Hall–Kier alpha value is -6.70. The first kappa shape index (κ1) is 37.8. The minimum absolute atomic E-state index is 0.0757. The molecular weight excluding hydrogens is 771 g/mol. The molecule has 13 rings (SSSR count). The highest BCUT2D eigenvalue weighted by molar-refractivity contribution is 6.06. The van der Waals surface area contributed by atoms with Crippen LogP contribution >= 0.6 is 0 Å². The molecule has 64 heavy (non-hydrogen) atoms. The van der Waals surface area contributed by atoms with Gasteiger partial charge in [-0.25, -0.2) is 0 Å². The summed E-state index contributed by atoms with van der Waals surface area (Å²) >= 11 is 0. The zero-order valence-electron chi connectivity index (χ0n) is 37.1. The maximum Gasteiger partial charge on any atom is 0.0546 e. The van der Waals surface area contributed by atoms with E-state index in [4.69, 9.17) is 0 Å². The Labute approximate surface area is 378 Å². The molecule has 4 aliphatic rings. The van der Waals surface area contributed by atoms with Crippen LogP contribution in [0.25, 0.3) is 66.1 Å². The van der Waals surface area contributed by atoms with E-state index in [-0.39, 0.29) is 5.41 Å². The van der Waals surface area contributed by atoms with E-state index in [1.54, 1.807) is 5.56 Å². The second-order valence-corrected chi connectivity index (χ2v) is 20.5. The molecule has 0 radical (unpaired) electrons. The number of anilines is 3. The maximum atomic E-state index is 2.63. The van der Waals surface area contributed by atoms with Gasteiger partial charge in [-0.05, 0) is 133 Å². The topological polar surface area (TPSA) is 3.24 Å². The van der Waals surface area contributed by atoms with E-state index in [2.05, 4.69) is 226 Å². The fraction of sp³-hybridized carbons (Fsp3) is 0.206. The third kappa shape index (κ3) is 5.25. The van der Waals surface area contributed by atoms with Crippen molar-refractivity contribution in [3.05, 3.63) is 211 Å². The molecule has 9 aromatic carbocycles. The minimum atomic E-state index is -0.0757. The number of hydrogen-bond acceptors (Lipinski definition) is 1. The normalized spacial score (nSPS) is 22.6. The standard InChI is InChI=1S/C63H53N/c1-61(2,3)46-32-34-53(43-19-8-5-9-20-43)59(38-46)64(58-35-45(31-33-52(58)42-17-6-4-7-18-42)51-27-14-22-41-21-10-11-25-50(41)51)57-30-13-12-26-54(57)55-28-15-23-44-24-16-29-56(60(44)55)62-39-48-36-47-37-49(40-62)63(47,48)62/h4-35,38,47-49H,36-37,39-40H2,1-3H3. The second-order valence-electron chi connectivity index (χ2n) is 20.5. The van der Waals surface area contributed by atoms with Crippen molar-refractivity contribution in [2.45, 2.75) is 57.3 Å². The highest BCUT2D eigenvalue weighted by Crippen LogP contribution is 2.93. The summed E-state index contributed by atoms with van der Waals surface area (Å²) in [5.74, 6) is 2.81. The molecule has 0 amide bonds. The average Bonchev–Trinajstić information content (AvgIpc) is 3.31. The van der Waals surface area contributed by atoms with Crippen molar-refractivity contribution in [2.24, 2.45) is 23.2 Å². The van der Waals surface area contributed by atoms with E-state index in [9.17, 15) is 0 Å². The molecule has 0 heterocycles. The van der Waals surface area contributed by atoms with E-state index in [0.717, 1.165) is 23.4 Å². The van der Waals surface area contributed by atoms with Gasteiger partial charge in [0, 0.05) is 22.1 Å². The molecule has 0 aliphatic heterocycles. The third-order valence-corrected chi connectivity index (χ3v) is 16.7. The summed E-state index contributed by atoms with van der Waals surface area (Å²) in [6, 6.07) is 75.6. The van der Waals surface area contributed by atoms with Crippen LogP contribution in [0.2, 0.25) is 0 Å². The lowest BCUT2D eigenvalue weighted by atomic mass is 9.12. The Morgan fingerprint density at radius 1 is 0.422 bits per heavy atom. The number of fused-ring (bicyclic) bond motifs is 2. The van der Waals surface area contributed by atoms with Gasteiger partial charge in [0.2, 0.25) is 0 Å². The number of para-hydroxylation sites is 1. The Kier molecular flexibility index (Phi) is 8.21. The zero-order chi connectivity index (χ0) is 42.8. The first-order valence-corrected chi connectivity index (χ1v) is 23.6. The summed E-state index contributed by atoms with van der Waals surface area (Å²) in [6.07, 6.45) is 5.66. The smallest absolute Gasteiger partial charge is 0.0546 e. The zero-order valence-corrected chi connectivity index (χ0v) is 37.1. The largest absolute Gasteiger partial charge is 0.309 e. The van der Waals surface area contributed by atoms with Crippen molar-refractivity contribution in [3.63, 3.8) is 0 Å². The molecule has 0 N–H and O–H groups in total. The van der Waals surface area contributed by atoms with Gasteiger partial charge in [-0.2, -0.15) is 0 Å². The summed E-state index contributed by atoms with van der Waals surface area (Å²) in [4.78, 5) is 2.63. The average molecular weight is 824 g/mol. The molecule has 1 heteroatoms. The number of hydrogen-bond donors (Lipinski definition) is 0. The predicted octanol–water partition coefficient (Wildman–Crippen LogP) is 17.1. The van der Waals surface area contributed by atoms with E-state index in [1.165, 1.54) is 109 Å². The number of rotatable bonds is 8. The van der Waals surface area contributed by atoms with Crippen molar-refractivity contribution in [3.8, 4) is 44.5 Å². The van der Waals surface area contributed by atoms with Gasteiger partial charge in [0.1, 0.15) is 0 Å². The molecule has 4 saturated carbocycles. The summed E-state index contributed by atoms with van der Waals surface area (Å²) in [5.41, 5.74) is 17.1. The monoisotopic (exact) mass is 823 g/mol. The Morgan fingerprint density at radius 2 is 0.984 bits per heavy atom. The molecule has 4 aliphatic carbocycles. The first-order valence-electron chi connectivity index (χ1n) is 23.6. The first-order chi connectivity index (χ1) is 31.3. The van der Waals surface area contributed by atoms with Gasteiger partial charge >= 0.3 is 0 Å². The molecule has 2 unspecified atom stereocenters. The van der Waals surface area contributed by atoms with Crippen molar-refractivity contribution >= 4 is 38.6 Å². The molecule has 1 nitrogen and oxygen atoms in total. The van der Waals surface area contributed by atoms with Gasteiger partial charge in [0.25, 0.3) is 0 Å². The lowest BCUT2D eigenvalue weighted by Gasteiger charge is -2.91. The van der Waals surface area contributed by atoms with Crippen LogP contribution in [0.1, 0.15) is 57.6 Å². The summed E-state index contributed by atoms with van der Waals surface area (Å²) in [5, 5.41) is 5.32. The van der Waals surface area contributed by atoms with Gasteiger partial charge in [0.05, 0.1) is 17.1 Å². The summed E-state index contributed by atoms with van der Waals surface area (Å²) in [7, 11) is 0. The molecule has 0 saturated heterocycles. The SMILES string of the molecule is CC(C)(C)c1ccc(-c2ccccc2)c(N(c2cc(-c3cccc4ccccc34)ccc2-c2ccccc2)c2ccccc2-c2cccc3cccc(C45CC6CC7CC(C4)C765)c23)c1.